The molecule has 0 aliphatic heterocycles. The molecule has 0 spiro atoms. The van der Waals surface area contributed by atoms with E-state index in [9.17, 15) is 0 Å². The van der Waals surface area contributed by atoms with Crippen molar-refractivity contribution in [2.75, 3.05) is 11.6 Å². The Morgan fingerprint density at radius 3 is 0.871 bits per heavy atom. The van der Waals surface area contributed by atoms with Crippen molar-refractivity contribution in [3.8, 4) is 0 Å². The lowest BCUT2D eigenvalue weighted by molar-refractivity contribution is 1.61. The fourth-order valence-corrected chi connectivity index (χ4v) is 17.8. The Morgan fingerprint density at radius 1 is 0.419 bits per heavy atom. The SMILES string of the molecule is C[Si](C)(CP(c1ccccc1)c1ccccc1)CP(c1ccccc1)c1ccccc1. The topological polar surface area (TPSA) is 0 Å². The molecule has 0 bridgehead atoms. The summed E-state index contributed by atoms with van der Waals surface area (Å²) >= 11 is 0. The van der Waals surface area contributed by atoms with Gasteiger partial charge in [0, 0.05) is 0 Å². The van der Waals surface area contributed by atoms with E-state index in [1.807, 2.05) is 0 Å². The predicted octanol–water partition coefficient (Wildman–Crippen LogP) is 6.04. The first kappa shape index (κ1) is 22.2. The van der Waals surface area contributed by atoms with Crippen LogP contribution in [0.4, 0.5) is 0 Å². The number of hydrogen-bond acceptors (Lipinski definition) is 0. The predicted molar refractivity (Wildman–Crippen MR) is 145 cm³/mol. The second-order valence-electron chi connectivity index (χ2n) is 8.68. The van der Waals surface area contributed by atoms with Crippen molar-refractivity contribution in [2.24, 2.45) is 0 Å². The van der Waals surface area contributed by atoms with Crippen molar-refractivity contribution in [2.45, 2.75) is 13.1 Å². The molecular formula is C28H30P2Si. The highest BCUT2D eigenvalue weighted by atomic mass is 31.1. The maximum atomic E-state index is 2.61. The van der Waals surface area contributed by atoms with Crippen molar-refractivity contribution in [3.63, 3.8) is 0 Å². The first-order valence-electron chi connectivity index (χ1n) is 10.9. The molecule has 0 saturated heterocycles. The molecule has 0 unspecified atom stereocenters. The Morgan fingerprint density at radius 2 is 0.645 bits per heavy atom. The summed E-state index contributed by atoms with van der Waals surface area (Å²) in [7, 11) is -2.17. The molecule has 4 aromatic rings. The van der Waals surface area contributed by atoms with Gasteiger partial charge in [-0.3, -0.25) is 0 Å². The minimum absolute atomic E-state index is 0.335. The summed E-state index contributed by atoms with van der Waals surface area (Å²) < 4.78 is 0. The highest BCUT2D eigenvalue weighted by molar-refractivity contribution is 7.78. The Labute approximate surface area is 190 Å². The summed E-state index contributed by atoms with van der Waals surface area (Å²) in [4.78, 5) is 0. The lowest BCUT2D eigenvalue weighted by Crippen LogP contribution is -2.40. The largest absolute Gasteiger partial charge is 0.0688 e. The number of hydrogen-bond donors (Lipinski definition) is 0. The van der Waals surface area contributed by atoms with E-state index < -0.39 is 8.07 Å². The van der Waals surface area contributed by atoms with Gasteiger partial charge in [-0.1, -0.05) is 134 Å². The number of rotatable bonds is 8. The van der Waals surface area contributed by atoms with Crippen LogP contribution in [0, 0.1) is 0 Å². The molecule has 156 valence electrons. The van der Waals surface area contributed by atoms with Gasteiger partial charge in [-0.2, -0.15) is 0 Å². The molecule has 0 fully saturated rings. The van der Waals surface area contributed by atoms with Gasteiger partial charge >= 0.3 is 0 Å². The zero-order chi connectivity index (χ0) is 21.5. The molecular weight excluding hydrogens is 426 g/mol. The molecule has 0 aromatic heterocycles. The minimum Gasteiger partial charge on any atom is -0.0688 e. The van der Waals surface area contributed by atoms with Gasteiger partial charge in [0.15, 0.2) is 0 Å². The number of benzene rings is 4. The molecule has 3 heteroatoms. The summed E-state index contributed by atoms with van der Waals surface area (Å²) in [5.74, 6) is 2.66. The second-order valence-corrected chi connectivity index (χ2v) is 19.3. The zero-order valence-corrected chi connectivity index (χ0v) is 21.1. The van der Waals surface area contributed by atoms with Gasteiger partial charge in [-0.25, -0.2) is 0 Å². The summed E-state index contributed by atoms with van der Waals surface area (Å²) in [5, 5.41) is 6.03. The van der Waals surface area contributed by atoms with E-state index >= 15 is 0 Å². The Bertz CT molecular complexity index is 885. The van der Waals surface area contributed by atoms with E-state index in [4.69, 9.17) is 0 Å². The van der Waals surface area contributed by atoms with Crippen molar-refractivity contribution >= 4 is 45.1 Å². The van der Waals surface area contributed by atoms with E-state index in [1.165, 1.54) is 32.8 Å². The van der Waals surface area contributed by atoms with E-state index in [0.717, 1.165) is 0 Å². The Balaban J connectivity index is 1.65. The van der Waals surface area contributed by atoms with Crippen LogP contribution in [0.2, 0.25) is 13.1 Å². The van der Waals surface area contributed by atoms with Crippen LogP contribution >= 0.6 is 15.8 Å². The molecule has 31 heavy (non-hydrogen) atoms. The van der Waals surface area contributed by atoms with E-state index in [2.05, 4.69) is 134 Å². The highest BCUT2D eigenvalue weighted by Gasteiger charge is 2.31. The molecule has 0 atom stereocenters. The lowest BCUT2D eigenvalue weighted by atomic mass is 10.4. The Hall–Kier alpha value is -2.04. The van der Waals surface area contributed by atoms with Gasteiger partial charge in [0.2, 0.25) is 0 Å². The monoisotopic (exact) mass is 456 g/mol. The first-order chi connectivity index (χ1) is 15.1. The summed E-state index contributed by atoms with van der Waals surface area (Å²) in [6.07, 6.45) is 0. The standard InChI is InChI=1S/C28H30P2Si/c1-31(2,23-29(25-15-7-3-8-16-25)26-17-9-4-10-18-26)24-30(27-19-11-5-12-20-27)28-21-13-6-14-22-28/h3-22H,23-24H2,1-2H3. The summed E-state index contributed by atoms with van der Waals surface area (Å²) in [5.41, 5.74) is 0. The maximum absolute atomic E-state index is 2.61. The third-order valence-electron chi connectivity index (χ3n) is 5.44. The van der Waals surface area contributed by atoms with Crippen molar-refractivity contribution in [1.29, 1.82) is 0 Å². The van der Waals surface area contributed by atoms with E-state index in [0.29, 0.717) is 0 Å². The molecule has 4 aromatic carbocycles. The third-order valence-corrected chi connectivity index (χ3v) is 18.5. The van der Waals surface area contributed by atoms with Crippen LogP contribution in [-0.2, 0) is 0 Å². The average molecular weight is 457 g/mol. The quantitative estimate of drug-likeness (QED) is 0.224. The van der Waals surface area contributed by atoms with Crippen LogP contribution in [0.5, 0.6) is 0 Å². The molecule has 0 amide bonds. The van der Waals surface area contributed by atoms with Gasteiger partial charge in [0.1, 0.15) is 0 Å². The molecule has 4 rings (SSSR count). The minimum atomic E-state index is -1.50. The van der Waals surface area contributed by atoms with Gasteiger partial charge in [-0.15, -0.1) is 0 Å². The van der Waals surface area contributed by atoms with Crippen LogP contribution in [0.25, 0.3) is 0 Å². The lowest BCUT2D eigenvalue weighted by Gasteiger charge is -2.33. The smallest absolute Gasteiger partial charge is 0.0572 e. The maximum Gasteiger partial charge on any atom is 0.0572 e. The molecule has 0 radical (unpaired) electrons. The van der Waals surface area contributed by atoms with Crippen molar-refractivity contribution < 1.29 is 0 Å². The molecule has 0 aliphatic carbocycles. The molecule has 0 nitrogen and oxygen atoms in total. The summed E-state index contributed by atoms with van der Waals surface area (Å²) in [6, 6.07) is 44.8. The third kappa shape index (κ3) is 6.02. The molecule has 0 aliphatic rings. The van der Waals surface area contributed by atoms with Crippen LogP contribution in [-0.4, -0.2) is 19.6 Å². The highest BCUT2D eigenvalue weighted by Crippen LogP contribution is 2.42. The summed E-state index contributed by atoms with van der Waals surface area (Å²) in [6.45, 7) is 5.21. The zero-order valence-electron chi connectivity index (χ0n) is 18.4. The fraction of sp³-hybridized carbons (Fsp3) is 0.143. The van der Waals surface area contributed by atoms with E-state index in [1.54, 1.807) is 0 Å². The van der Waals surface area contributed by atoms with Gasteiger partial charge in [0.05, 0.1) is 8.07 Å². The van der Waals surface area contributed by atoms with Crippen molar-refractivity contribution in [3.05, 3.63) is 121 Å². The Kier molecular flexibility index (Phi) is 7.52. The van der Waals surface area contributed by atoms with Gasteiger partial charge in [-0.05, 0) is 48.6 Å². The van der Waals surface area contributed by atoms with Gasteiger partial charge < -0.3 is 0 Å². The van der Waals surface area contributed by atoms with Crippen LogP contribution in [0.1, 0.15) is 0 Å². The first-order valence-corrected chi connectivity index (χ1v) is 17.3. The molecule has 0 saturated carbocycles. The molecule has 0 heterocycles. The van der Waals surface area contributed by atoms with Crippen LogP contribution < -0.4 is 21.2 Å². The average Bonchev–Trinajstić information content (AvgIpc) is 2.83. The van der Waals surface area contributed by atoms with Crippen LogP contribution in [0.3, 0.4) is 0 Å². The normalized spacial score (nSPS) is 11.7. The second kappa shape index (κ2) is 10.5. The van der Waals surface area contributed by atoms with Crippen molar-refractivity contribution in [1.82, 2.24) is 0 Å². The van der Waals surface area contributed by atoms with Crippen LogP contribution in [0.15, 0.2) is 121 Å². The van der Waals surface area contributed by atoms with E-state index in [-0.39, 0.29) is 15.8 Å². The molecule has 0 N–H and O–H groups in total. The van der Waals surface area contributed by atoms with Gasteiger partial charge in [0.25, 0.3) is 0 Å². The fourth-order valence-electron chi connectivity index (χ4n) is 4.00.